The minimum atomic E-state index is -0.906. The lowest BCUT2D eigenvalue weighted by Gasteiger charge is -2.00. The molecule has 0 saturated heterocycles. The second-order valence-corrected chi connectivity index (χ2v) is 6.01. The van der Waals surface area contributed by atoms with E-state index in [-0.39, 0.29) is 0 Å². The number of carboxylic acids is 1. The Labute approximate surface area is 135 Å². The summed E-state index contributed by atoms with van der Waals surface area (Å²) >= 11 is 0. The van der Waals surface area contributed by atoms with E-state index in [0.717, 1.165) is 31.3 Å². The maximum absolute atomic E-state index is 10.5. The Kier molecular flexibility index (Phi) is 10.8. The van der Waals surface area contributed by atoms with Gasteiger partial charge in [-0.25, -0.2) is 4.79 Å². The summed E-state index contributed by atoms with van der Waals surface area (Å²) in [5.74, 6) is -0.906. The molecule has 0 fully saturated rings. The van der Waals surface area contributed by atoms with E-state index in [2.05, 4.69) is 39.8 Å². The summed E-state index contributed by atoms with van der Waals surface area (Å²) in [5.41, 5.74) is 4.87. The summed E-state index contributed by atoms with van der Waals surface area (Å²) in [4.78, 5) is 10.5. The van der Waals surface area contributed by atoms with Gasteiger partial charge < -0.3 is 5.11 Å². The predicted octanol–water partition coefficient (Wildman–Crippen LogP) is 5.99. The van der Waals surface area contributed by atoms with Gasteiger partial charge >= 0.3 is 5.97 Å². The van der Waals surface area contributed by atoms with Crippen LogP contribution in [0.3, 0.4) is 0 Å². The number of allylic oxidation sites excluding steroid dienone is 9. The molecule has 0 spiro atoms. The molecular formula is C20H30O2. The van der Waals surface area contributed by atoms with Gasteiger partial charge in [0.2, 0.25) is 0 Å². The van der Waals surface area contributed by atoms with Crippen molar-refractivity contribution in [1.29, 1.82) is 0 Å². The summed E-state index contributed by atoms with van der Waals surface area (Å²) in [5, 5.41) is 8.62. The second-order valence-electron chi connectivity index (χ2n) is 6.01. The first-order valence-corrected chi connectivity index (χ1v) is 7.85. The zero-order chi connectivity index (χ0) is 17.0. The molecule has 0 atom stereocenters. The zero-order valence-corrected chi connectivity index (χ0v) is 14.6. The molecule has 22 heavy (non-hydrogen) atoms. The first-order valence-electron chi connectivity index (χ1n) is 7.85. The van der Waals surface area contributed by atoms with Crippen LogP contribution in [0.2, 0.25) is 0 Å². The molecule has 0 aromatic carbocycles. The minimum absolute atomic E-state index is 0.742. The molecule has 0 heterocycles. The van der Waals surface area contributed by atoms with Gasteiger partial charge in [-0.2, -0.15) is 0 Å². The van der Waals surface area contributed by atoms with Gasteiger partial charge in [-0.05, 0) is 65.9 Å². The van der Waals surface area contributed by atoms with E-state index < -0.39 is 5.97 Å². The summed E-state index contributed by atoms with van der Waals surface area (Å²) in [6.45, 7) is 10.3. The molecule has 0 aliphatic rings. The topological polar surface area (TPSA) is 37.3 Å². The van der Waals surface area contributed by atoms with Crippen molar-refractivity contribution in [2.45, 2.75) is 60.3 Å². The third-order valence-corrected chi connectivity index (χ3v) is 3.21. The highest BCUT2D eigenvalue weighted by Gasteiger charge is 1.92. The molecular weight excluding hydrogens is 272 g/mol. The molecule has 0 radical (unpaired) electrons. The lowest BCUT2D eigenvalue weighted by atomic mass is 10.1. The molecule has 0 rings (SSSR count). The van der Waals surface area contributed by atoms with Crippen LogP contribution in [0, 0.1) is 0 Å². The average Bonchev–Trinajstić information content (AvgIpc) is 2.37. The molecule has 0 aromatic heterocycles. The minimum Gasteiger partial charge on any atom is -0.478 e. The molecule has 0 aliphatic carbocycles. The number of aliphatic carboxylic acids is 1. The fraction of sp³-hybridized carbons (Fsp3) is 0.450. The number of hydrogen-bond acceptors (Lipinski definition) is 1. The predicted molar refractivity (Wildman–Crippen MR) is 95.9 cm³/mol. The van der Waals surface area contributed by atoms with Crippen LogP contribution < -0.4 is 0 Å². The molecule has 1 N–H and O–H groups in total. The first-order chi connectivity index (χ1) is 10.3. The van der Waals surface area contributed by atoms with Crippen molar-refractivity contribution < 1.29 is 9.90 Å². The van der Waals surface area contributed by atoms with Crippen LogP contribution in [0.1, 0.15) is 60.3 Å². The van der Waals surface area contributed by atoms with Crippen LogP contribution in [0.25, 0.3) is 0 Å². The molecule has 0 amide bonds. The fourth-order valence-electron chi connectivity index (χ4n) is 1.93. The van der Waals surface area contributed by atoms with Crippen molar-refractivity contribution >= 4 is 5.97 Å². The molecule has 0 aliphatic heterocycles. The highest BCUT2D eigenvalue weighted by atomic mass is 16.4. The Morgan fingerprint density at radius 1 is 0.909 bits per heavy atom. The van der Waals surface area contributed by atoms with Crippen LogP contribution in [0.15, 0.2) is 58.7 Å². The van der Waals surface area contributed by atoms with Gasteiger partial charge in [-0.3, -0.25) is 0 Å². The van der Waals surface area contributed by atoms with E-state index in [1.165, 1.54) is 22.8 Å². The number of hydrogen-bond donors (Lipinski definition) is 1. The average molecular weight is 302 g/mol. The normalized spacial score (nSPS) is 13.6. The molecule has 0 saturated carbocycles. The Hall–Kier alpha value is -1.83. The largest absolute Gasteiger partial charge is 0.478 e. The maximum Gasteiger partial charge on any atom is 0.328 e. The lowest BCUT2D eigenvalue weighted by molar-refractivity contribution is -0.131. The Bertz CT molecular complexity index is 496. The third-order valence-electron chi connectivity index (χ3n) is 3.21. The van der Waals surface area contributed by atoms with Crippen molar-refractivity contribution in [3.63, 3.8) is 0 Å². The Balaban J connectivity index is 4.19. The summed E-state index contributed by atoms with van der Waals surface area (Å²) in [6.07, 6.45) is 15.9. The smallest absolute Gasteiger partial charge is 0.328 e. The van der Waals surface area contributed by atoms with Gasteiger partial charge in [0.1, 0.15) is 0 Å². The molecule has 2 heteroatoms. The van der Waals surface area contributed by atoms with Crippen LogP contribution in [-0.2, 0) is 4.79 Å². The summed E-state index contributed by atoms with van der Waals surface area (Å²) in [6, 6.07) is 0. The molecule has 0 aromatic rings. The Morgan fingerprint density at radius 3 is 2.09 bits per heavy atom. The van der Waals surface area contributed by atoms with Gasteiger partial charge in [-0.1, -0.05) is 47.1 Å². The van der Waals surface area contributed by atoms with E-state index in [1.54, 1.807) is 6.92 Å². The second kappa shape index (κ2) is 11.8. The van der Waals surface area contributed by atoms with E-state index >= 15 is 0 Å². The molecule has 122 valence electrons. The number of carbonyl (C=O) groups is 1. The van der Waals surface area contributed by atoms with E-state index in [4.69, 9.17) is 5.11 Å². The quantitative estimate of drug-likeness (QED) is 0.322. The molecule has 0 bridgehead atoms. The fourth-order valence-corrected chi connectivity index (χ4v) is 1.93. The van der Waals surface area contributed by atoms with Gasteiger partial charge in [0.15, 0.2) is 0 Å². The van der Waals surface area contributed by atoms with Gasteiger partial charge in [0, 0.05) is 6.08 Å². The van der Waals surface area contributed by atoms with Crippen LogP contribution in [0.4, 0.5) is 0 Å². The van der Waals surface area contributed by atoms with Crippen molar-refractivity contribution in [1.82, 2.24) is 0 Å². The highest BCUT2D eigenvalue weighted by Crippen LogP contribution is 2.11. The number of carboxylic acid groups (broad SMARTS) is 1. The maximum atomic E-state index is 10.5. The van der Waals surface area contributed by atoms with Crippen LogP contribution in [0.5, 0.6) is 0 Å². The Morgan fingerprint density at radius 2 is 1.50 bits per heavy atom. The standard InChI is InChI=1S/C20H30O2/c1-16(2)9-6-10-17(3)11-7-12-18(4)13-8-14-19(5)15-20(21)22/h8-9,11,13-15H,6-7,10,12H2,1-5H3,(H,21,22)/b14-8+,17-11+,18-13+,19-15+. The highest BCUT2D eigenvalue weighted by molar-refractivity contribution is 5.81. The number of rotatable bonds is 9. The summed E-state index contributed by atoms with van der Waals surface area (Å²) in [7, 11) is 0. The zero-order valence-electron chi connectivity index (χ0n) is 14.6. The van der Waals surface area contributed by atoms with Crippen LogP contribution in [-0.4, -0.2) is 11.1 Å². The van der Waals surface area contributed by atoms with Gasteiger partial charge in [0.25, 0.3) is 0 Å². The van der Waals surface area contributed by atoms with Gasteiger partial charge in [0.05, 0.1) is 0 Å². The van der Waals surface area contributed by atoms with Crippen molar-refractivity contribution in [2.24, 2.45) is 0 Å². The van der Waals surface area contributed by atoms with Crippen molar-refractivity contribution in [3.8, 4) is 0 Å². The van der Waals surface area contributed by atoms with E-state index in [1.807, 2.05) is 18.2 Å². The van der Waals surface area contributed by atoms with E-state index in [0.29, 0.717) is 0 Å². The van der Waals surface area contributed by atoms with Crippen LogP contribution >= 0.6 is 0 Å². The van der Waals surface area contributed by atoms with Crippen molar-refractivity contribution in [3.05, 3.63) is 58.7 Å². The monoisotopic (exact) mass is 302 g/mol. The lowest BCUT2D eigenvalue weighted by Crippen LogP contribution is -1.87. The van der Waals surface area contributed by atoms with Crippen molar-refractivity contribution in [2.75, 3.05) is 0 Å². The summed E-state index contributed by atoms with van der Waals surface area (Å²) < 4.78 is 0. The van der Waals surface area contributed by atoms with E-state index in [9.17, 15) is 4.79 Å². The molecule has 2 nitrogen and oxygen atoms in total. The first kappa shape index (κ1) is 20.2. The SMILES string of the molecule is CC(C)=CCC/C(C)=C/CC/C(C)=C/C=C/C(C)=C/C(=O)O. The van der Waals surface area contributed by atoms with Gasteiger partial charge in [-0.15, -0.1) is 0 Å². The molecule has 0 unspecified atom stereocenters. The third kappa shape index (κ3) is 13.2.